The lowest BCUT2D eigenvalue weighted by Gasteiger charge is -2.22. The first-order valence-electron chi connectivity index (χ1n) is 6.29. The zero-order chi connectivity index (χ0) is 10.8. The van der Waals surface area contributed by atoms with Crippen LogP contribution in [0.2, 0.25) is 0 Å². The fourth-order valence-corrected chi connectivity index (χ4v) is 1.89. The van der Waals surface area contributed by atoms with Crippen molar-refractivity contribution in [3.8, 4) is 0 Å². The maximum atomic E-state index is 5.53. The first-order chi connectivity index (χ1) is 7.43. The van der Waals surface area contributed by atoms with Crippen molar-refractivity contribution in [2.24, 2.45) is 5.92 Å². The summed E-state index contributed by atoms with van der Waals surface area (Å²) in [6.07, 6.45) is 4.97. The second-order valence-corrected chi connectivity index (χ2v) is 4.23. The van der Waals surface area contributed by atoms with Crippen LogP contribution in [0.25, 0.3) is 0 Å². The molecule has 0 aliphatic carbocycles. The van der Waals surface area contributed by atoms with E-state index in [1.165, 1.54) is 32.4 Å². The molecule has 0 saturated carbocycles. The van der Waals surface area contributed by atoms with Crippen molar-refractivity contribution in [1.82, 2.24) is 5.32 Å². The van der Waals surface area contributed by atoms with Crippen molar-refractivity contribution in [3.63, 3.8) is 0 Å². The average Bonchev–Trinajstić information content (AvgIpc) is 2.29. The molecule has 0 radical (unpaired) electrons. The Bertz CT molecular complexity index is 136. The molecule has 1 aliphatic rings. The number of rotatable bonds is 8. The SMILES string of the molecule is CCCOCCOCCC1CCCNC1. The molecular formula is C12H25NO2. The molecule has 1 atom stereocenters. The van der Waals surface area contributed by atoms with Gasteiger partial charge in [0.05, 0.1) is 13.2 Å². The molecule has 3 heteroatoms. The molecule has 1 saturated heterocycles. The van der Waals surface area contributed by atoms with Crippen LogP contribution in [0.4, 0.5) is 0 Å². The highest BCUT2D eigenvalue weighted by atomic mass is 16.5. The second-order valence-electron chi connectivity index (χ2n) is 4.23. The van der Waals surface area contributed by atoms with Gasteiger partial charge in [-0.05, 0) is 44.7 Å². The summed E-state index contributed by atoms with van der Waals surface area (Å²) in [5.74, 6) is 0.829. The first-order valence-corrected chi connectivity index (χ1v) is 6.29. The third kappa shape index (κ3) is 6.88. The maximum absolute atomic E-state index is 5.53. The van der Waals surface area contributed by atoms with Crippen LogP contribution < -0.4 is 5.32 Å². The van der Waals surface area contributed by atoms with E-state index >= 15 is 0 Å². The van der Waals surface area contributed by atoms with Crippen molar-refractivity contribution in [3.05, 3.63) is 0 Å². The molecule has 1 aliphatic heterocycles. The van der Waals surface area contributed by atoms with Crippen LogP contribution in [0.1, 0.15) is 32.6 Å². The van der Waals surface area contributed by atoms with Crippen LogP contribution in [-0.4, -0.2) is 39.5 Å². The van der Waals surface area contributed by atoms with Gasteiger partial charge < -0.3 is 14.8 Å². The smallest absolute Gasteiger partial charge is 0.0700 e. The predicted octanol–water partition coefficient (Wildman–Crippen LogP) is 1.82. The van der Waals surface area contributed by atoms with E-state index in [0.717, 1.165) is 38.8 Å². The van der Waals surface area contributed by atoms with Gasteiger partial charge in [0.2, 0.25) is 0 Å². The standard InChI is InChI=1S/C12H25NO2/c1-2-7-14-9-10-15-8-5-12-4-3-6-13-11-12/h12-13H,2-11H2,1H3. The van der Waals surface area contributed by atoms with E-state index in [1.807, 2.05) is 0 Å². The largest absolute Gasteiger partial charge is 0.379 e. The summed E-state index contributed by atoms with van der Waals surface area (Å²) in [6, 6.07) is 0. The molecule has 1 fully saturated rings. The molecule has 15 heavy (non-hydrogen) atoms. The number of hydrogen-bond acceptors (Lipinski definition) is 3. The Morgan fingerprint density at radius 2 is 1.93 bits per heavy atom. The zero-order valence-corrected chi connectivity index (χ0v) is 9.96. The molecule has 0 aromatic heterocycles. The first kappa shape index (κ1) is 12.9. The van der Waals surface area contributed by atoms with Crippen molar-refractivity contribution in [1.29, 1.82) is 0 Å². The van der Waals surface area contributed by atoms with Crippen LogP contribution in [0.5, 0.6) is 0 Å². The Kier molecular flexibility index (Phi) is 7.88. The molecule has 1 unspecified atom stereocenters. The van der Waals surface area contributed by atoms with Crippen LogP contribution in [0, 0.1) is 5.92 Å². The summed E-state index contributed by atoms with van der Waals surface area (Å²) >= 11 is 0. The van der Waals surface area contributed by atoms with Gasteiger partial charge in [-0.15, -0.1) is 0 Å². The Morgan fingerprint density at radius 1 is 1.13 bits per heavy atom. The van der Waals surface area contributed by atoms with Gasteiger partial charge in [-0.25, -0.2) is 0 Å². The van der Waals surface area contributed by atoms with Crippen LogP contribution in [0.3, 0.4) is 0 Å². The van der Waals surface area contributed by atoms with E-state index in [-0.39, 0.29) is 0 Å². The molecule has 90 valence electrons. The molecule has 1 N–H and O–H groups in total. The quantitative estimate of drug-likeness (QED) is 0.627. The third-order valence-electron chi connectivity index (χ3n) is 2.79. The van der Waals surface area contributed by atoms with Crippen LogP contribution in [-0.2, 0) is 9.47 Å². The van der Waals surface area contributed by atoms with Crippen molar-refractivity contribution in [2.45, 2.75) is 32.6 Å². The highest BCUT2D eigenvalue weighted by Gasteiger charge is 2.11. The van der Waals surface area contributed by atoms with Gasteiger partial charge in [-0.2, -0.15) is 0 Å². The van der Waals surface area contributed by atoms with Gasteiger partial charge in [0.15, 0.2) is 0 Å². The van der Waals surface area contributed by atoms with Gasteiger partial charge >= 0.3 is 0 Å². The van der Waals surface area contributed by atoms with Crippen molar-refractivity contribution < 1.29 is 9.47 Å². The van der Waals surface area contributed by atoms with E-state index in [4.69, 9.17) is 9.47 Å². The Balaban J connectivity index is 1.79. The lowest BCUT2D eigenvalue weighted by Crippen LogP contribution is -2.30. The number of nitrogens with one attached hydrogen (secondary N) is 1. The van der Waals surface area contributed by atoms with Gasteiger partial charge in [-0.1, -0.05) is 6.92 Å². The molecule has 1 rings (SSSR count). The number of piperidine rings is 1. The van der Waals surface area contributed by atoms with E-state index in [1.54, 1.807) is 0 Å². The van der Waals surface area contributed by atoms with Gasteiger partial charge in [0, 0.05) is 13.2 Å². The highest BCUT2D eigenvalue weighted by Crippen LogP contribution is 2.13. The molecule has 3 nitrogen and oxygen atoms in total. The van der Waals surface area contributed by atoms with Crippen molar-refractivity contribution >= 4 is 0 Å². The molecular weight excluding hydrogens is 190 g/mol. The lowest BCUT2D eigenvalue weighted by molar-refractivity contribution is 0.0420. The zero-order valence-electron chi connectivity index (χ0n) is 9.96. The van der Waals surface area contributed by atoms with Gasteiger partial charge in [0.1, 0.15) is 0 Å². The topological polar surface area (TPSA) is 30.5 Å². The Morgan fingerprint density at radius 3 is 2.60 bits per heavy atom. The third-order valence-corrected chi connectivity index (χ3v) is 2.79. The van der Waals surface area contributed by atoms with E-state index < -0.39 is 0 Å². The van der Waals surface area contributed by atoms with E-state index in [0.29, 0.717) is 0 Å². The summed E-state index contributed by atoms with van der Waals surface area (Å²) in [5.41, 5.74) is 0. The molecule has 0 aromatic carbocycles. The highest BCUT2D eigenvalue weighted by molar-refractivity contribution is 4.68. The summed E-state index contributed by atoms with van der Waals surface area (Å²) in [7, 11) is 0. The normalized spacial score (nSPS) is 21.8. The number of hydrogen-bond donors (Lipinski definition) is 1. The van der Waals surface area contributed by atoms with E-state index in [2.05, 4.69) is 12.2 Å². The summed E-state index contributed by atoms with van der Waals surface area (Å²) < 4.78 is 10.9. The minimum absolute atomic E-state index is 0.747. The molecule has 0 amide bonds. The van der Waals surface area contributed by atoms with E-state index in [9.17, 15) is 0 Å². The summed E-state index contributed by atoms with van der Waals surface area (Å²) in [6.45, 7) is 7.74. The monoisotopic (exact) mass is 215 g/mol. The number of ether oxygens (including phenoxy) is 2. The van der Waals surface area contributed by atoms with Gasteiger partial charge in [-0.3, -0.25) is 0 Å². The molecule has 0 aromatic rings. The Hall–Kier alpha value is -0.120. The van der Waals surface area contributed by atoms with Crippen LogP contribution in [0.15, 0.2) is 0 Å². The van der Waals surface area contributed by atoms with Gasteiger partial charge in [0.25, 0.3) is 0 Å². The lowest BCUT2D eigenvalue weighted by atomic mass is 9.97. The Labute approximate surface area is 93.5 Å². The fraction of sp³-hybridized carbons (Fsp3) is 1.00. The minimum atomic E-state index is 0.747. The molecule has 0 spiro atoms. The molecule has 0 bridgehead atoms. The average molecular weight is 215 g/mol. The molecule has 1 heterocycles. The van der Waals surface area contributed by atoms with Crippen LogP contribution >= 0.6 is 0 Å². The van der Waals surface area contributed by atoms with Crippen molar-refractivity contribution in [2.75, 3.05) is 39.5 Å². The maximum Gasteiger partial charge on any atom is 0.0700 e. The minimum Gasteiger partial charge on any atom is -0.379 e. The summed E-state index contributed by atoms with van der Waals surface area (Å²) in [5, 5.41) is 3.42. The predicted molar refractivity (Wildman–Crippen MR) is 62.1 cm³/mol. The summed E-state index contributed by atoms with van der Waals surface area (Å²) in [4.78, 5) is 0. The fourth-order valence-electron chi connectivity index (χ4n) is 1.89. The second kappa shape index (κ2) is 9.13.